The average Bonchev–Trinajstić information content (AvgIpc) is 2.49. The van der Waals surface area contributed by atoms with E-state index in [1.54, 1.807) is 12.4 Å². The van der Waals surface area contributed by atoms with Crippen molar-refractivity contribution in [1.29, 1.82) is 0 Å². The van der Waals surface area contributed by atoms with Crippen molar-refractivity contribution in [2.24, 2.45) is 0 Å². The van der Waals surface area contributed by atoms with Gasteiger partial charge in [-0.1, -0.05) is 6.07 Å². The maximum atomic E-state index is 11.3. The molecule has 0 aromatic carbocycles. The van der Waals surface area contributed by atoms with E-state index in [1.165, 1.54) is 0 Å². The molecule has 0 aliphatic heterocycles. The van der Waals surface area contributed by atoms with E-state index < -0.39 is 0 Å². The molecule has 0 atom stereocenters. The van der Waals surface area contributed by atoms with Crippen molar-refractivity contribution in [3.05, 3.63) is 42.5 Å². The normalized spacial score (nSPS) is 16.5. The minimum absolute atomic E-state index is 0.307. The SMILES string of the molecule is O=C1CCC(c2nccc(-c3ccccn3)n2)CC1. The molecule has 1 aliphatic carbocycles. The quantitative estimate of drug-likeness (QED) is 0.825. The van der Waals surface area contributed by atoms with Crippen LogP contribution in [0, 0.1) is 0 Å². The first-order valence-electron chi connectivity index (χ1n) is 6.59. The fourth-order valence-corrected chi connectivity index (χ4v) is 2.43. The number of hydrogen-bond donors (Lipinski definition) is 0. The molecule has 2 aromatic heterocycles. The zero-order chi connectivity index (χ0) is 13.1. The smallest absolute Gasteiger partial charge is 0.132 e. The molecule has 96 valence electrons. The molecule has 0 N–H and O–H groups in total. The lowest BCUT2D eigenvalue weighted by Gasteiger charge is -2.19. The Labute approximate surface area is 111 Å². The number of rotatable bonds is 2. The summed E-state index contributed by atoms with van der Waals surface area (Å²) in [5.41, 5.74) is 1.71. The minimum atomic E-state index is 0.307. The molecule has 1 fully saturated rings. The molecular formula is C15H15N3O. The molecule has 3 rings (SSSR count). The number of nitrogens with zero attached hydrogens (tertiary/aromatic N) is 3. The predicted molar refractivity (Wildman–Crippen MR) is 71.5 cm³/mol. The van der Waals surface area contributed by atoms with E-state index >= 15 is 0 Å². The highest BCUT2D eigenvalue weighted by atomic mass is 16.1. The lowest BCUT2D eigenvalue weighted by molar-refractivity contribution is -0.120. The van der Waals surface area contributed by atoms with Crippen LogP contribution in [-0.4, -0.2) is 20.7 Å². The van der Waals surface area contributed by atoms with Crippen LogP contribution in [0.3, 0.4) is 0 Å². The summed E-state index contributed by atoms with van der Waals surface area (Å²) < 4.78 is 0. The summed E-state index contributed by atoms with van der Waals surface area (Å²) >= 11 is 0. The van der Waals surface area contributed by atoms with Crippen LogP contribution >= 0.6 is 0 Å². The van der Waals surface area contributed by atoms with Crippen LogP contribution in [0.2, 0.25) is 0 Å². The Bertz CT molecular complexity index is 573. The second-order valence-electron chi connectivity index (χ2n) is 4.83. The van der Waals surface area contributed by atoms with Crippen molar-refractivity contribution in [3.8, 4) is 11.4 Å². The van der Waals surface area contributed by atoms with Gasteiger partial charge in [-0.25, -0.2) is 9.97 Å². The Balaban J connectivity index is 1.86. The maximum absolute atomic E-state index is 11.3. The Morgan fingerprint density at radius 3 is 2.53 bits per heavy atom. The van der Waals surface area contributed by atoms with Gasteiger partial charge in [0.2, 0.25) is 0 Å². The van der Waals surface area contributed by atoms with Gasteiger partial charge in [-0.15, -0.1) is 0 Å². The number of Topliss-reactive ketones (excluding diaryl/α,β-unsaturated/α-hetero) is 1. The molecule has 0 saturated heterocycles. The van der Waals surface area contributed by atoms with Gasteiger partial charge in [-0.2, -0.15) is 0 Å². The fraction of sp³-hybridized carbons (Fsp3) is 0.333. The molecule has 0 radical (unpaired) electrons. The number of ketones is 1. The van der Waals surface area contributed by atoms with Gasteiger partial charge in [0, 0.05) is 31.2 Å². The van der Waals surface area contributed by atoms with Gasteiger partial charge in [-0.3, -0.25) is 9.78 Å². The van der Waals surface area contributed by atoms with Crippen molar-refractivity contribution in [1.82, 2.24) is 15.0 Å². The number of hydrogen-bond acceptors (Lipinski definition) is 4. The third-order valence-corrected chi connectivity index (χ3v) is 3.51. The third-order valence-electron chi connectivity index (χ3n) is 3.51. The molecule has 2 aromatic rings. The molecule has 1 saturated carbocycles. The highest BCUT2D eigenvalue weighted by Crippen LogP contribution is 2.29. The summed E-state index contributed by atoms with van der Waals surface area (Å²) in [6.07, 6.45) is 6.58. The summed E-state index contributed by atoms with van der Waals surface area (Å²) in [7, 11) is 0. The first-order valence-corrected chi connectivity index (χ1v) is 6.59. The van der Waals surface area contributed by atoms with Gasteiger partial charge in [-0.05, 0) is 31.0 Å². The zero-order valence-electron chi connectivity index (χ0n) is 10.6. The van der Waals surface area contributed by atoms with Crippen molar-refractivity contribution in [2.75, 3.05) is 0 Å². The van der Waals surface area contributed by atoms with Gasteiger partial charge in [0.1, 0.15) is 11.6 Å². The Hall–Kier alpha value is -2.10. The molecular weight excluding hydrogens is 238 g/mol. The van der Waals surface area contributed by atoms with E-state index in [0.717, 1.165) is 30.1 Å². The van der Waals surface area contributed by atoms with Crippen LogP contribution in [0.1, 0.15) is 37.4 Å². The summed E-state index contributed by atoms with van der Waals surface area (Å²) in [4.78, 5) is 24.6. The van der Waals surface area contributed by atoms with Crippen LogP contribution in [0.4, 0.5) is 0 Å². The number of pyridine rings is 1. The first-order chi connectivity index (χ1) is 9.33. The van der Waals surface area contributed by atoms with Crippen LogP contribution < -0.4 is 0 Å². The molecule has 4 heteroatoms. The van der Waals surface area contributed by atoms with Crippen LogP contribution in [0.15, 0.2) is 36.7 Å². The van der Waals surface area contributed by atoms with Crippen LogP contribution in [0.5, 0.6) is 0 Å². The van der Waals surface area contributed by atoms with Gasteiger partial charge >= 0.3 is 0 Å². The second-order valence-corrected chi connectivity index (χ2v) is 4.83. The van der Waals surface area contributed by atoms with E-state index in [1.807, 2.05) is 24.3 Å². The Kier molecular flexibility index (Phi) is 3.31. The van der Waals surface area contributed by atoms with E-state index in [4.69, 9.17) is 0 Å². The van der Waals surface area contributed by atoms with E-state index in [-0.39, 0.29) is 0 Å². The molecule has 0 bridgehead atoms. The molecule has 1 aliphatic rings. The van der Waals surface area contributed by atoms with E-state index in [9.17, 15) is 4.79 Å². The summed E-state index contributed by atoms with van der Waals surface area (Å²) in [6.45, 7) is 0. The molecule has 0 unspecified atom stereocenters. The standard InChI is InChI=1S/C15H15N3O/c19-12-6-4-11(5-7-12)15-17-10-8-14(18-15)13-3-1-2-9-16-13/h1-3,8-11H,4-7H2. The second kappa shape index (κ2) is 5.26. The molecule has 4 nitrogen and oxygen atoms in total. The van der Waals surface area contributed by atoms with Crippen LogP contribution in [0.25, 0.3) is 11.4 Å². The van der Waals surface area contributed by atoms with Gasteiger partial charge in [0.25, 0.3) is 0 Å². The summed E-state index contributed by atoms with van der Waals surface area (Å²) in [5, 5.41) is 0. The predicted octanol–water partition coefficient (Wildman–Crippen LogP) is 2.77. The number of carbonyl (C=O) groups excluding carboxylic acids is 1. The highest BCUT2D eigenvalue weighted by molar-refractivity contribution is 5.79. The highest BCUT2D eigenvalue weighted by Gasteiger charge is 2.22. The minimum Gasteiger partial charge on any atom is -0.300 e. The van der Waals surface area contributed by atoms with Gasteiger partial charge < -0.3 is 0 Å². The monoisotopic (exact) mass is 253 g/mol. The third kappa shape index (κ3) is 2.67. The van der Waals surface area contributed by atoms with Crippen molar-refractivity contribution < 1.29 is 4.79 Å². The lowest BCUT2D eigenvalue weighted by Crippen LogP contribution is -2.14. The van der Waals surface area contributed by atoms with Crippen molar-refractivity contribution in [3.63, 3.8) is 0 Å². The first kappa shape index (κ1) is 12.0. The van der Waals surface area contributed by atoms with Crippen molar-refractivity contribution >= 4 is 5.78 Å². The zero-order valence-corrected chi connectivity index (χ0v) is 10.6. The molecule has 0 spiro atoms. The summed E-state index contributed by atoms with van der Waals surface area (Å²) in [5.74, 6) is 1.51. The van der Waals surface area contributed by atoms with Gasteiger partial charge in [0.15, 0.2) is 0 Å². The summed E-state index contributed by atoms with van der Waals surface area (Å²) in [6, 6.07) is 7.65. The number of carbonyl (C=O) groups is 1. The topological polar surface area (TPSA) is 55.7 Å². The number of aromatic nitrogens is 3. The Morgan fingerprint density at radius 1 is 0.947 bits per heavy atom. The fourth-order valence-electron chi connectivity index (χ4n) is 2.43. The average molecular weight is 253 g/mol. The van der Waals surface area contributed by atoms with Crippen molar-refractivity contribution in [2.45, 2.75) is 31.6 Å². The maximum Gasteiger partial charge on any atom is 0.132 e. The van der Waals surface area contributed by atoms with Crippen LogP contribution in [-0.2, 0) is 4.79 Å². The van der Waals surface area contributed by atoms with Gasteiger partial charge in [0.05, 0.1) is 11.4 Å². The lowest BCUT2D eigenvalue weighted by atomic mass is 9.88. The molecule has 2 heterocycles. The molecule has 19 heavy (non-hydrogen) atoms. The largest absolute Gasteiger partial charge is 0.300 e. The Morgan fingerprint density at radius 2 is 1.79 bits per heavy atom. The van der Waals surface area contributed by atoms with E-state index in [2.05, 4.69) is 15.0 Å². The van der Waals surface area contributed by atoms with E-state index in [0.29, 0.717) is 24.5 Å². The molecule has 0 amide bonds.